The summed E-state index contributed by atoms with van der Waals surface area (Å²) in [7, 11) is 1.57. The van der Waals surface area contributed by atoms with Crippen molar-refractivity contribution in [1.29, 1.82) is 0 Å². The molecule has 3 rings (SSSR count). The SMILES string of the molecule is CC(=O)c1ccc(-c2cc(N(C)C(=O)c3ccc(C)cc3)c(C(=O)O)s2)s1. The van der Waals surface area contributed by atoms with Gasteiger partial charge in [0.15, 0.2) is 5.78 Å². The van der Waals surface area contributed by atoms with Crippen molar-refractivity contribution in [3.8, 4) is 9.75 Å². The van der Waals surface area contributed by atoms with Crippen LogP contribution in [0, 0.1) is 6.92 Å². The molecule has 1 N–H and O–H groups in total. The second-order valence-corrected chi connectivity index (χ2v) is 8.22. The summed E-state index contributed by atoms with van der Waals surface area (Å²) in [6.07, 6.45) is 0. The van der Waals surface area contributed by atoms with Gasteiger partial charge in [0.25, 0.3) is 5.91 Å². The van der Waals surface area contributed by atoms with Crippen LogP contribution in [0.1, 0.15) is 42.2 Å². The molecule has 0 spiro atoms. The highest BCUT2D eigenvalue weighted by atomic mass is 32.1. The molecule has 2 heterocycles. The van der Waals surface area contributed by atoms with Gasteiger partial charge in [0, 0.05) is 22.4 Å². The van der Waals surface area contributed by atoms with Crippen molar-refractivity contribution in [2.24, 2.45) is 0 Å². The van der Waals surface area contributed by atoms with Crippen molar-refractivity contribution in [2.45, 2.75) is 13.8 Å². The lowest BCUT2D eigenvalue weighted by molar-refractivity contribution is 0.0702. The molecule has 0 unspecified atom stereocenters. The van der Waals surface area contributed by atoms with E-state index in [2.05, 4.69) is 0 Å². The Hall–Kier alpha value is -2.77. The van der Waals surface area contributed by atoms with Gasteiger partial charge >= 0.3 is 5.97 Å². The van der Waals surface area contributed by atoms with Crippen LogP contribution in [-0.4, -0.2) is 29.8 Å². The molecule has 0 fully saturated rings. The summed E-state index contributed by atoms with van der Waals surface area (Å²) < 4.78 is 0. The number of Topliss-reactive ketones (excluding diaryl/α,β-unsaturated/α-hetero) is 1. The standard InChI is InChI=1S/C20H17NO4S2/c1-11-4-6-13(7-5-11)19(23)21(3)14-10-17(27-18(14)20(24)25)16-9-8-15(26-16)12(2)22/h4-10H,1-3H3,(H,24,25). The van der Waals surface area contributed by atoms with E-state index < -0.39 is 5.97 Å². The second kappa shape index (κ2) is 7.46. The van der Waals surface area contributed by atoms with Crippen LogP contribution in [-0.2, 0) is 0 Å². The van der Waals surface area contributed by atoms with Gasteiger partial charge in [-0.15, -0.1) is 22.7 Å². The maximum atomic E-state index is 12.8. The molecule has 1 aromatic carbocycles. The third-order valence-corrected chi connectivity index (χ3v) is 6.56. The average Bonchev–Trinajstić information content (AvgIpc) is 3.28. The Morgan fingerprint density at radius 3 is 2.19 bits per heavy atom. The largest absolute Gasteiger partial charge is 0.477 e. The van der Waals surface area contributed by atoms with E-state index in [9.17, 15) is 19.5 Å². The summed E-state index contributed by atoms with van der Waals surface area (Å²) in [4.78, 5) is 39.6. The molecule has 27 heavy (non-hydrogen) atoms. The predicted molar refractivity (Wildman–Crippen MR) is 109 cm³/mol. The number of hydrogen-bond donors (Lipinski definition) is 1. The highest BCUT2D eigenvalue weighted by Crippen LogP contribution is 2.40. The third kappa shape index (κ3) is 3.84. The van der Waals surface area contributed by atoms with E-state index in [1.54, 1.807) is 37.4 Å². The summed E-state index contributed by atoms with van der Waals surface area (Å²) in [5.41, 5.74) is 1.87. The molecule has 0 saturated heterocycles. The lowest BCUT2D eigenvalue weighted by atomic mass is 10.1. The zero-order valence-electron chi connectivity index (χ0n) is 15.0. The van der Waals surface area contributed by atoms with Crippen molar-refractivity contribution in [2.75, 3.05) is 11.9 Å². The smallest absolute Gasteiger partial charge is 0.348 e. The molecule has 5 nitrogen and oxygen atoms in total. The first-order valence-electron chi connectivity index (χ1n) is 8.11. The number of aromatic carboxylic acids is 1. The van der Waals surface area contributed by atoms with Crippen molar-refractivity contribution >= 4 is 46.0 Å². The number of anilines is 1. The van der Waals surface area contributed by atoms with Gasteiger partial charge in [0.2, 0.25) is 0 Å². The molecule has 0 bridgehead atoms. The molecule has 0 aliphatic carbocycles. The van der Waals surface area contributed by atoms with Crippen LogP contribution in [0.25, 0.3) is 9.75 Å². The maximum absolute atomic E-state index is 12.8. The van der Waals surface area contributed by atoms with Gasteiger partial charge in [-0.2, -0.15) is 0 Å². The number of benzene rings is 1. The normalized spacial score (nSPS) is 10.6. The number of nitrogens with zero attached hydrogens (tertiary/aromatic N) is 1. The van der Waals surface area contributed by atoms with Gasteiger partial charge in [0.1, 0.15) is 4.88 Å². The number of carboxylic acids is 1. The van der Waals surface area contributed by atoms with E-state index in [0.717, 1.165) is 21.8 Å². The van der Waals surface area contributed by atoms with Crippen LogP contribution < -0.4 is 4.90 Å². The minimum Gasteiger partial charge on any atom is -0.477 e. The van der Waals surface area contributed by atoms with Crippen LogP contribution >= 0.6 is 22.7 Å². The highest BCUT2D eigenvalue weighted by molar-refractivity contribution is 7.24. The molecule has 1 amide bonds. The molecule has 0 aliphatic heterocycles. The molecule has 138 valence electrons. The first kappa shape index (κ1) is 19.0. The topological polar surface area (TPSA) is 74.7 Å². The van der Waals surface area contributed by atoms with Crippen LogP contribution in [0.5, 0.6) is 0 Å². The number of carbonyl (C=O) groups is 3. The van der Waals surface area contributed by atoms with Gasteiger partial charge in [-0.1, -0.05) is 17.7 Å². The van der Waals surface area contributed by atoms with Crippen molar-refractivity contribution in [3.63, 3.8) is 0 Å². The van der Waals surface area contributed by atoms with Crippen LogP contribution in [0.4, 0.5) is 5.69 Å². The summed E-state index contributed by atoms with van der Waals surface area (Å²) in [6.45, 7) is 3.42. The number of aryl methyl sites for hydroxylation is 1. The Morgan fingerprint density at radius 2 is 1.63 bits per heavy atom. The Morgan fingerprint density at radius 1 is 0.963 bits per heavy atom. The quantitative estimate of drug-likeness (QED) is 0.615. The van der Waals surface area contributed by atoms with Crippen LogP contribution in [0.3, 0.4) is 0 Å². The number of rotatable bonds is 5. The fourth-order valence-electron chi connectivity index (χ4n) is 2.56. The van der Waals surface area contributed by atoms with Crippen molar-refractivity contribution in [1.82, 2.24) is 0 Å². The molecular formula is C20H17NO4S2. The van der Waals surface area contributed by atoms with E-state index >= 15 is 0 Å². The lowest BCUT2D eigenvalue weighted by Gasteiger charge is -2.17. The molecular weight excluding hydrogens is 382 g/mol. The lowest BCUT2D eigenvalue weighted by Crippen LogP contribution is -2.27. The maximum Gasteiger partial charge on any atom is 0.348 e. The number of ketones is 1. The number of hydrogen-bond acceptors (Lipinski definition) is 5. The Labute approximate surface area is 164 Å². The van der Waals surface area contributed by atoms with Gasteiger partial charge in [-0.25, -0.2) is 4.79 Å². The predicted octanol–water partition coefficient (Wildman–Crippen LogP) is 4.96. The molecule has 0 saturated carbocycles. The Balaban J connectivity index is 1.99. The summed E-state index contributed by atoms with van der Waals surface area (Å²) >= 11 is 2.41. The highest BCUT2D eigenvalue weighted by Gasteiger charge is 2.24. The van der Waals surface area contributed by atoms with E-state index in [-0.39, 0.29) is 16.6 Å². The van der Waals surface area contributed by atoms with E-state index in [1.807, 2.05) is 19.1 Å². The molecule has 0 atom stereocenters. The second-order valence-electron chi connectivity index (χ2n) is 6.08. The zero-order chi connectivity index (χ0) is 19.7. The fourth-order valence-corrected chi connectivity index (χ4v) is 4.57. The Kier molecular flexibility index (Phi) is 5.25. The minimum absolute atomic E-state index is 0.0341. The van der Waals surface area contributed by atoms with Crippen molar-refractivity contribution < 1.29 is 19.5 Å². The molecule has 0 aliphatic rings. The number of thiophene rings is 2. The summed E-state index contributed by atoms with van der Waals surface area (Å²) in [5.74, 6) is -1.40. The molecule has 0 radical (unpaired) electrons. The molecule has 7 heteroatoms. The van der Waals surface area contributed by atoms with E-state index in [4.69, 9.17) is 0 Å². The first-order valence-corrected chi connectivity index (χ1v) is 9.74. The fraction of sp³-hybridized carbons (Fsp3) is 0.150. The van der Waals surface area contributed by atoms with E-state index in [0.29, 0.717) is 21.0 Å². The average molecular weight is 399 g/mol. The molecule has 3 aromatic rings. The summed E-state index contributed by atoms with van der Waals surface area (Å²) in [5, 5.41) is 9.58. The third-order valence-electron chi connectivity index (χ3n) is 4.07. The monoisotopic (exact) mass is 399 g/mol. The van der Waals surface area contributed by atoms with E-state index in [1.165, 1.54) is 23.2 Å². The van der Waals surface area contributed by atoms with Gasteiger partial charge in [-0.3, -0.25) is 9.59 Å². The van der Waals surface area contributed by atoms with Gasteiger partial charge in [-0.05, 0) is 44.2 Å². The minimum atomic E-state index is -1.09. The van der Waals surface area contributed by atoms with Gasteiger partial charge < -0.3 is 10.0 Å². The number of carboxylic acid groups (broad SMARTS) is 1. The van der Waals surface area contributed by atoms with Crippen LogP contribution in [0.2, 0.25) is 0 Å². The summed E-state index contributed by atoms with van der Waals surface area (Å²) in [6, 6.07) is 12.3. The first-order chi connectivity index (χ1) is 12.8. The number of amides is 1. The molecule has 2 aromatic heterocycles. The van der Waals surface area contributed by atoms with Gasteiger partial charge in [0.05, 0.1) is 10.6 Å². The van der Waals surface area contributed by atoms with Crippen molar-refractivity contribution in [3.05, 3.63) is 63.3 Å². The van der Waals surface area contributed by atoms with Crippen LogP contribution in [0.15, 0.2) is 42.5 Å². The zero-order valence-corrected chi connectivity index (χ0v) is 16.6. The number of carbonyl (C=O) groups excluding carboxylic acids is 2. The Bertz CT molecular complexity index is 1030.